The fourth-order valence-electron chi connectivity index (χ4n) is 1.86. The van der Waals surface area contributed by atoms with Gasteiger partial charge in [-0.05, 0) is 24.3 Å². The van der Waals surface area contributed by atoms with E-state index in [1.807, 2.05) is 0 Å². The molecule has 0 fully saturated rings. The summed E-state index contributed by atoms with van der Waals surface area (Å²) in [5.74, 6) is 0. The third-order valence-electron chi connectivity index (χ3n) is 3.32. The Morgan fingerprint density at radius 3 is 1.20 bits per heavy atom. The molecular weight excluding hydrogens is 571 g/mol. The topological polar surface area (TPSA) is 118 Å². The minimum atomic E-state index is -6.81. The molecule has 0 unspecified atom stereocenters. The van der Waals surface area contributed by atoms with Crippen molar-refractivity contribution in [2.24, 2.45) is 0 Å². The van der Waals surface area contributed by atoms with Crippen LogP contribution in [0.25, 0.3) is 0 Å². The maximum atomic E-state index is 12.4. The molecule has 0 atom stereocenters. The van der Waals surface area contributed by atoms with Crippen molar-refractivity contribution >= 4 is 41.4 Å². The summed E-state index contributed by atoms with van der Waals surface area (Å²) in [7, 11) is -18.9. The third-order valence-corrected chi connectivity index (χ3v) is 8.08. The van der Waals surface area contributed by atoms with E-state index in [-0.39, 0.29) is 5.69 Å². The van der Waals surface area contributed by atoms with Crippen LogP contribution in [-0.4, -0.2) is 41.8 Å². The summed E-state index contributed by atoms with van der Waals surface area (Å²) in [6.45, 7) is 0. The Labute approximate surface area is 192 Å². The van der Waals surface area contributed by atoms with E-state index >= 15 is 0 Å². The highest BCUT2D eigenvalue weighted by atomic mass is 32.3. The van der Waals surface area contributed by atoms with Crippen LogP contribution >= 0.6 is 0 Å². The van der Waals surface area contributed by atoms with Crippen molar-refractivity contribution in [1.82, 2.24) is 0 Å². The first kappa shape index (κ1) is 30.3. The van der Waals surface area contributed by atoms with Crippen molar-refractivity contribution in [1.29, 1.82) is 0 Å². The Hall–Kier alpha value is -2.74. The molecule has 35 heavy (non-hydrogen) atoms. The van der Waals surface area contributed by atoms with E-state index in [2.05, 4.69) is 0 Å². The molecule has 0 saturated heterocycles. The van der Waals surface area contributed by atoms with Gasteiger partial charge in [-0.1, -0.05) is 36.4 Å². The zero-order chi connectivity index (χ0) is 27.5. The lowest BCUT2D eigenvalue weighted by Gasteiger charge is -2.25. The predicted molar refractivity (Wildman–Crippen MR) is 104 cm³/mol. The van der Waals surface area contributed by atoms with Gasteiger partial charge in [-0.15, -0.1) is 3.71 Å². The van der Waals surface area contributed by atoms with Gasteiger partial charge in [-0.2, -0.15) is 64.8 Å². The minimum absolute atomic E-state index is 0.121. The molecule has 2 aromatic carbocycles. The number of nitrogens with one attached hydrogen (secondary N) is 1. The lowest BCUT2D eigenvalue weighted by Crippen LogP contribution is -2.49. The van der Waals surface area contributed by atoms with Gasteiger partial charge in [-0.25, -0.2) is 0 Å². The first-order valence-corrected chi connectivity index (χ1v) is 12.5. The fourth-order valence-corrected chi connectivity index (χ4v) is 5.14. The second-order valence-electron chi connectivity index (χ2n) is 5.85. The molecule has 0 heterocycles. The van der Waals surface area contributed by atoms with Crippen molar-refractivity contribution in [2.45, 2.75) is 16.5 Å². The van der Waals surface area contributed by atoms with Crippen LogP contribution in [0.15, 0.2) is 60.7 Å². The van der Waals surface area contributed by atoms with Crippen molar-refractivity contribution in [3.05, 3.63) is 60.7 Å². The molecule has 1 N–H and O–H groups in total. The summed E-state index contributed by atoms with van der Waals surface area (Å²) in [5, 5.41) is 0. The van der Waals surface area contributed by atoms with Gasteiger partial charge in [0.1, 0.15) is 0 Å². The SMILES string of the molecule is O=S(=O)(N(c1ccccc1)S(=O)(=O)C(F)(F)F)C(F)(F)F.O=S(=O)(Nc1ccccc1)C(F)(F)F. The molecule has 0 radical (unpaired) electrons. The molecular formula is C15H11F9N2O6S3. The smallest absolute Gasteiger partial charge is 0.276 e. The summed E-state index contributed by atoms with van der Waals surface area (Å²) in [4.78, 5) is 0. The van der Waals surface area contributed by atoms with E-state index < -0.39 is 56.0 Å². The van der Waals surface area contributed by atoms with Crippen molar-refractivity contribution in [3.8, 4) is 0 Å². The largest absolute Gasteiger partial charge is 0.517 e. The molecule has 0 aliphatic heterocycles. The van der Waals surface area contributed by atoms with Gasteiger partial charge >= 0.3 is 46.6 Å². The maximum absolute atomic E-state index is 12.4. The number of halogens is 9. The molecule has 2 aromatic rings. The molecule has 20 heteroatoms. The minimum Gasteiger partial charge on any atom is -0.276 e. The lowest BCUT2D eigenvalue weighted by molar-refractivity contribution is -0.0464. The van der Waals surface area contributed by atoms with E-state index in [4.69, 9.17) is 0 Å². The summed E-state index contributed by atoms with van der Waals surface area (Å²) >= 11 is 0. The monoisotopic (exact) mass is 582 g/mol. The average Bonchev–Trinajstić information content (AvgIpc) is 2.67. The third kappa shape index (κ3) is 7.13. The predicted octanol–water partition coefficient (Wildman–Crippen LogP) is 4.14. The zero-order valence-electron chi connectivity index (χ0n) is 16.3. The summed E-state index contributed by atoms with van der Waals surface area (Å²) < 4.78 is 176. The molecule has 0 amide bonds. The second-order valence-corrected chi connectivity index (χ2v) is 11.3. The van der Waals surface area contributed by atoms with Gasteiger partial charge in [0, 0.05) is 5.69 Å². The molecule has 8 nitrogen and oxygen atoms in total. The Balaban J connectivity index is 0.000000379. The van der Waals surface area contributed by atoms with Crippen LogP contribution < -0.4 is 8.43 Å². The Kier molecular flexibility index (Phi) is 8.73. The van der Waals surface area contributed by atoms with Gasteiger partial charge in [-0.3, -0.25) is 4.72 Å². The van der Waals surface area contributed by atoms with Crippen molar-refractivity contribution in [2.75, 3.05) is 8.43 Å². The lowest BCUT2D eigenvalue weighted by atomic mass is 10.3. The number of para-hydroxylation sites is 2. The van der Waals surface area contributed by atoms with Crippen LogP contribution in [0, 0.1) is 0 Å². The first-order valence-electron chi connectivity index (χ1n) is 8.18. The number of hydrogen-bond acceptors (Lipinski definition) is 6. The number of benzene rings is 2. The van der Waals surface area contributed by atoms with E-state index in [1.54, 1.807) is 6.07 Å². The highest BCUT2D eigenvalue weighted by Gasteiger charge is 2.61. The highest BCUT2D eigenvalue weighted by molar-refractivity contribution is 8.11. The standard InChI is InChI=1S/C8H5F6NO4S2.C7H6F3NO2S/c9-7(10,11)20(16,17)15(6-4-2-1-3-5-6)21(18,19)8(12,13)14;8-7(9,10)14(12,13)11-6-4-2-1-3-5-6/h1-5H;1-5,11H. The molecule has 0 aromatic heterocycles. The van der Waals surface area contributed by atoms with Crippen LogP contribution in [0.5, 0.6) is 0 Å². The van der Waals surface area contributed by atoms with Gasteiger partial charge in [0.25, 0.3) is 0 Å². The first-order chi connectivity index (χ1) is 15.6. The van der Waals surface area contributed by atoms with E-state index in [0.717, 1.165) is 18.2 Å². The number of anilines is 2. The molecule has 198 valence electrons. The molecule has 2 rings (SSSR count). The fraction of sp³-hybridized carbons (Fsp3) is 0.200. The number of alkyl halides is 9. The van der Waals surface area contributed by atoms with Gasteiger partial charge < -0.3 is 0 Å². The Morgan fingerprint density at radius 2 is 0.886 bits per heavy atom. The van der Waals surface area contributed by atoms with Crippen LogP contribution in [0.1, 0.15) is 0 Å². The van der Waals surface area contributed by atoms with E-state index in [9.17, 15) is 64.8 Å². The maximum Gasteiger partial charge on any atom is 0.517 e. The quantitative estimate of drug-likeness (QED) is 0.530. The van der Waals surface area contributed by atoms with Gasteiger partial charge in [0.2, 0.25) is 0 Å². The average molecular weight is 582 g/mol. The Morgan fingerprint density at radius 1 is 0.543 bits per heavy atom. The number of sulfonamides is 3. The highest BCUT2D eigenvalue weighted by Crippen LogP contribution is 2.38. The van der Waals surface area contributed by atoms with Crippen LogP contribution in [0.3, 0.4) is 0 Å². The molecule has 0 aliphatic carbocycles. The van der Waals surface area contributed by atoms with Gasteiger partial charge in [0.15, 0.2) is 0 Å². The summed E-state index contributed by atoms with van der Waals surface area (Å²) in [6, 6.07) is 10.7. The van der Waals surface area contributed by atoms with E-state index in [0.29, 0.717) is 12.1 Å². The summed E-state index contributed by atoms with van der Waals surface area (Å²) in [5.41, 5.74) is -19.2. The molecule has 0 aliphatic rings. The molecule has 0 bridgehead atoms. The Bertz CT molecular complexity index is 1260. The van der Waals surface area contributed by atoms with Crippen molar-refractivity contribution in [3.63, 3.8) is 0 Å². The van der Waals surface area contributed by atoms with Crippen LogP contribution in [0.2, 0.25) is 0 Å². The number of hydrogen-bond donors (Lipinski definition) is 1. The normalized spacial score (nSPS) is 13.4. The second kappa shape index (κ2) is 10.1. The molecule has 0 spiro atoms. The number of rotatable bonds is 5. The van der Waals surface area contributed by atoms with Gasteiger partial charge in [0.05, 0.1) is 5.69 Å². The van der Waals surface area contributed by atoms with Crippen molar-refractivity contribution < 1.29 is 64.8 Å². The van der Waals surface area contributed by atoms with E-state index in [1.165, 1.54) is 29.0 Å². The number of nitrogens with zero attached hydrogens (tertiary/aromatic N) is 1. The van der Waals surface area contributed by atoms with Crippen LogP contribution in [0.4, 0.5) is 50.9 Å². The summed E-state index contributed by atoms with van der Waals surface area (Å²) in [6.07, 6.45) is 0. The van der Waals surface area contributed by atoms with Crippen LogP contribution in [-0.2, 0) is 30.1 Å². The zero-order valence-corrected chi connectivity index (χ0v) is 18.7. The molecule has 0 saturated carbocycles.